The van der Waals surface area contributed by atoms with Crippen LogP contribution in [0.1, 0.15) is 22.1 Å². The van der Waals surface area contributed by atoms with Crippen molar-refractivity contribution >= 4 is 11.9 Å². The topological polar surface area (TPSA) is 111 Å². The molecule has 0 aliphatic rings. The van der Waals surface area contributed by atoms with Gasteiger partial charge in [0.1, 0.15) is 5.69 Å². The number of hydrogen-bond donors (Lipinski definition) is 1. The number of rotatable bonds is 2. The smallest absolute Gasteiger partial charge is 0.337 e. The number of carbonyl (C=O) groups excluding carboxylic acids is 1. The van der Waals surface area contributed by atoms with Crippen LogP contribution in [0.4, 0.5) is 0 Å². The standard InChI is InChI=1S/C9H7N5O3/c1-5(15)14-8(11-12-13-14)7-3-2-6(4-10-7)9(16)17/h2-4H,1H3,(H,16,17). The molecule has 1 N–H and O–H groups in total. The quantitative estimate of drug-likeness (QED) is 0.731. The molecule has 17 heavy (non-hydrogen) atoms. The lowest BCUT2D eigenvalue weighted by atomic mass is 10.2. The number of pyridine rings is 1. The number of carboxylic acids is 1. The fourth-order valence-electron chi connectivity index (χ4n) is 1.21. The molecule has 0 unspecified atom stereocenters. The summed E-state index contributed by atoms with van der Waals surface area (Å²) in [5.41, 5.74) is 0.380. The third-order valence-corrected chi connectivity index (χ3v) is 2.01. The third-order valence-electron chi connectivity index (χ3n) is 2.01. The summed E-state index contributed by atoms with van der Waals surface area (Å²) in [6, 6.07) is 2.80. The Kier molecular flexibility index (Phi) is 2.61. The molecule has 0 fully saturated rings. The minimum Gasteiger partial charge on any atom is -0.478 e. The third kappa shape index (κ3) is 2.00. The lowest BCUT2D eigenvalue weighted by molar-refractivity contribution is 0.0696. The van der Waals surface area contributed by atoms with E-state index in [0.29, 0.717) is 5.69 Å². The van der Waals surface area contributed by atoms with Crippen LogP contribution in [0.25, 0.3) is 11.5 Å². The minimum atomic E-state index is -1.07. The summed E-state index contributed by atoms with van der Waals surface area (Å²) in [6.45, 7) is 1.31. The molecule has 0 aliphatic carbocycles. The zero-order valence-electron chi connectivity index (χ0n) is 8.73. The monoisotopic (exact) mass is 233 g/mol. The molecule has 0 atom stereocenters. The van der Waals surface area contributed by atoms with Crippen molar-refractivity contribution in [1.29, 1.82) is 0 Å². The van der Waals surface area contributed by atoms with E-state index >= 15 is 0 Å². The van der Waals surface area contributed by atoms with Crippen LogP contribution < -0.4 is 0 Å². The second kappa shape index (κ2) is 4.08. The Morgan fingerprint density at radius 3 is 2.65 bits per heavy atom. The number of hydrogen-bond acceptors (Lipinski definition) is 6. The van der Waals surface area contributed by atoms with Gasteiger partial charge in [-0.1, -0.05) is 0 Å². The largest absolute Gasteiger partial charge is 0.478 e. The van der Waals surface area contributed by atoms with Crippen LogP contribution in [0, 0.1) is 0 Å². The number of carboxylic acid groups (broad SMARTS) is 1. The van der Waals surface area contributed by atoms with Crippen LogP contribution in [-0.2, 0) is 0 Å². The molecular formula is C9H7N5O3. The zero-order chi connectivity index (χ0) is 12.4. The van der Waals surface area contributed by atoms with Gasteiger partial charge >= 0.3 is 5.97 Å². The van der Waals surface area contributed by atoms with Gasteiger partial charge in [-0.15, -0.1) is 5.10 Å². The Balaban J connectivity index is 2.43. The molecule has 0 radical (unpaired) electrons. The van der Waals surface area contributed by atoms with Gasteiger partial charge in [0.05, 0.1) is 5.56 Å². The van der Waals surface area contributed by atoms with Gasteiger partial charge in [0.15, 0.2) is 0 Å². The maximum absolute atomic E-state index is 11.2. The predicted molar refractivity (Wildman–Crippen MR) is 54.3 cm³/mol. The summed E-state index contributed by atoms with van der Waals surface area (Å²) in [6.07, 6.45) is 1.18. The van der Waals surface area contributed by atoms with Gasteiger partial charge in [0.25, 0.3) is 0 Å². The lowest BCUT2D eigenvalue weighted by Gasteiger charge is -1.99. The summed E-state index contributed by atoms with van der Waals surface area (Å²) in [5.74, 6) is -1.25. The summed E-state index contributed by atoms with van der Waals surface area (Å²) in [7, 11) is 0. The molecule has 0 saturated heterocycles. The van der Waals surface area contributed by atoms with Crippen LogP contribution >= 0.6 is 0 Å². The Bertz CT molecular complexity index is 575. The van der Waals surface area contributed by atoms with Gasteiger partial charge < -0.3 is 5.11 Å². The second-order valence-electron chi connectivity index (χ2n) is 3.17. The summed E-state index contributed by atoms with van der Waals surface area (Å²) >= 11 is 0. The number of aromatic nitrogens is 5. The van der Waals surface area contributed by atoms with Crippen molar-refractivity contribution in [3.63, 3.8) is 0 Å². The highest BCUT2D eigenvalue weighted by Crippen LogP contribution is 2.12. The average molecular weight is 233 g/mol. The van der Waals surface area contributed by atoms with Gasteiger partial charge in [0, 0.05) is 13.1 Å². The average Bonchev–Trinajstić information content (AvgIpc) is 2.78. The molecule has 0 amide bonds. The maximum Gasteiger partial charge on any atom is 0.337 e. The highest BCUT2D eigenvalue weighted by Gasteiger charge is 2.13. The van der Waals surface area contributed by atoms with Crippen LogP contribution in [0.2, 0.25) is 0 Å². The van der Waals surface area contributed by atoms with Crippen molar-refractivity contribution in [2.24, 2.45) is 0 Å². The molecule has 0 spiro atoms. The predicted octanol–water partition coefficient (Wildman–Crippen LogP) is 0.0934. The Morgan fingerprint density at radius 2 is 2.12 bits per heavy atom. The van der Waals surface area contributed by atoms with E-state index in [1.54, 1.807) is 0 Å². The van der Waals surface area contributed by atoms with Crippen LogP contribution in [0.15, 0.2) is 18.3 Å². The molecule has 8 heteroatoms. The zero-order valence-corrected chi connectivity index (χ0v) is 8.73. The summed E-state index contributed by atoms with van der Waals surface area (Å²) in [4.78, 5) is 25.7. The van der Waals surface area contributed by atoms with Gasteiger partial charge in [-0.2, -0.15) is 4.68 Å². The Labute approximate surface area is 94.9 Å². The second-order valence-corrected chi connectivity index (χ2v) is 3.17. The highest BCUT2D eigenvalue weighted by atomic mass is 16.4. The molecule has 86 valence electrons. The van der Waals surface area contributed by atoms with Crippen molar-refractivity contribution in [2.75, 3.05) is 0 Å². The fraction of sp³-hybridized carbons (Fsp3) is 0.111. The van der Waals surface area contributed by atoms with Gasteiger partial charge in [-0.3, -0.25) is 9.78 Å². The van der Waals surface area contributed by atoms with Gasteiger partial charge in [-0.05, 0) is 22.6 Å². The van der Waals surface area contributed by atoms with E-state index in [-0.39, 0.29) is 17.3 Å². The van der Waals surface area contributed by atoms with E-state index in [1.807, 2.05) is 0 Å². The molecule has 0 saturated carbocycles. The van der Waals surface area contributed by atoms with E-state index in [2.05, 4.69) is 20.5 Å². The van der Waals surface area contributed by atoms with E-state index in [0.717, 1.165) is 4.68 Å². The first-order valence-electron chi connectivity index (χ1n) is 4.58. The molecular weight excluding hydrogens is 226 g/mol. The van der Waals surface area contributed by atoms with Crippen molar-refractivity contribution in [2.45, 2.75) is 6.92 Å². The Morgan fingerprint density at radius 1 is 1.35 bits per heavy atom. The van der Waals surface area contributed by atoms with Crippen molar-refractivity contribution < 1.29 is 14.7 Å². The van der Waals surface area contributed by atoms with Crippen LogP contribution in [0.3, 0.4) is 0 Å². The summed E-state index contributed by atoms with van der Waals surface area (Å²) < 4.78 is 0.989. The first-order chi connectivity index (χ1) is 8.09. The van der Waals surface area contributed by atoms with Gasteiger partial charge in [0.2, 0.25) is 11.7 Å². The van der Waals surface area contributed by atoms with Gasteiger partial charge in [-0.25, -0.2) is 4.79 Å². The van der Waals surface area contributed by atoms with E-state index in [1.165, 1.54) is 25.3 Å². The van der Waals surface area contributed by atoms with Crippen molar-refractivity contribution in [1.82, 2.24) is 25.2 Å². The molecule has 2 heterocycles. The molecule has 2 rings (SSSR count). The SMILES string of the molecule is CC(=O)n1nnnc1-c1ccc(C(=O)O)cn1. The van der Waals surface area contributed by atoms with E-state index in [9.17, 15) is 9.59 Å². The Hall–Kier alpha value is -2.64. The maximum atomic E-state index is 11.2. The van der Waals surface area contributed by atoms with Crippen LogP contribution in [-0.4, -0.2) is 42.2 Å². The number of tetrazole rings is 1. The molecule has 8 nitrogen and oxygen atoms in total. The first-order valence-corrected chi connectivity index (χ1v) is 4.58. The van der Waals surface area contributed by atoms with E-state index in [4.69, 9.17) is 5.11 Å². The molecule has 0 bridgehead atoms. The fourth-order valence-corrected chi connectivity index (χ4v) is 1.21. The lowest BCUT2D eigenvalue weighted by Crippen LogP contribution is -2.10. The molecule has 0 aliphatic heterocycles. The molecule has 2 aromatic heterocycles. The normalized spacial score (nSPS) is 10.2. The minimum absolute atomic E-state index is 0.0515. The highest BCUT2D eigenvalue weighted by molar-refractivity contribution is 5.87. The van der Waals surface area contributed by atoms with Crippen molar-refractivity contribution in [3.8, 4) is 11.5 Å². The number of carbonyl (C=O) groups is 2. The molecule has 2 aromatic rings. The van der Waals surface area contributed by atoms with Crippen molar-refractivity contribution in [3.05, 3.63) is 23.9 Å². The van der Waals surface area contributed by atoms with Crippen LogP contribution in [0.5, 0.6) is 0 Å². The first kappa shape index (κ1) is 10.9. The number of nitrogens with zero attached hydrogens (tertiary/aromatic N) is 5. The van der Waals surface area contributed by atoms with E-state index < -0.39 is 5.97 Å². The molecule has 0 aromatic carbocycles. The number of aromatic carboxylic acids is 1. The summed E-state index contributed by atoms with van der Waals surface area (Å²) in [5, 5.41) is 19.2.